The van der Waals surface area contributed by atoms with Crippen LogP contribution in [-0.4, -0.2) is 84.2 Å². The smallest absolute Gasteiger partial charge is 0.257 e. The number of benzene rings is 2. The van der Waals surface area contributed by atoms with Crippen molar-refractivity contribution in [2.75, 3.05) is 45.8 Å². The molecule has 3 fully saturated rings. The Morgan fingerprint density at radius 1 is 0.907 bits per heavy atom. The molecule has 228 valence electrons. The maximum absolute atomic E-state index is 14.4. The minimum absolute atomic E-state index is 0.00144. The third-order valence-corrected chi connectivity index (χ3v) is 11.6. The number of hydrogen-bond donors (Lipinski definition) is 0. The van der Waals surface area contributed by atoms with E-state index in [1.165, 1.54) is 34.9 Å². The van der Waals surface area contributed by atoms with Gasteiger partial charge in [-0.3, -0.25) is 4.79 Å². The molecule has 3 saturated heterocycles. The molecule has 2 unspecified atom stereocenters. The van der Waals surface area contributed by atoms with Gasteiger partial charge in [0.2, 0.25) is 10.0 Å². The van der Waals surface area contributed by atoms with Crippen LogP contribution in [0.5, 0.6) is 0 Å². The van der Waals surface area contributed by atoms with E-state index in [9.17, 15) is 22.0 Å². The monoisotopic (exact) mass is 609 g/mol. The van der Waals surface area contributed by atoms with Gasteiger partial charge in [0.25, 0.3) is 5.91 Å². The van der Waals surface area contributed by atoms with Gasteiger partial charge in [-0.15, -0.1) is 0 Å². The van der Waals surface area contributed by atoms with Crippen LogP contribution in [0.25, 0.3) is 0 Å². The second-order valence-corrected chi connectivity index (χ2v) is 14.2. The van der Waals surface area contributed by atoms with E-state index < -0.39 is 15.8 Å². The zero-order chi connectivity index (χ0) is 30.4. The number of carbonyl (C=O) groups is 1. The first-order valence-corrected chi connectivity index (χ1v) is 16.3. The molecule has 3 aliphatic rings. The lowest BCUT2D eigenvalue weighted by Gasteiger charge is -2.42. The Morgan fingerprint density at radius 2 is 1.51 bits per heavy atom. The highest BCUT2D eigenvalue weighted by atomic mass is 32.2. The molecule has 11 heteroatoms. The largest absolute Gasteiger partial charge is 0.338 e. The van der Waals surface area contributed by atoms with Gasteiger partial charge in [0.1, 0.15) is 18.0 Å². The molecular formula is C32H37F2N5O3S. The van der Waals surface area contributed by atoms with Crippen LogP contribution < -0.4 is 0 Å². The Hall–Kier alpha value is -3.28. The zero-order valence-electron chi connectivity index (χ0n) is 24.5. The summed E-state index contributed by atoms with van der Waals surface area (Å²) in [5.74, 6) is -0.118. The summed E-state index contributed by atoms with van der Waals surface area (Å²) in [6.07, 6.45) is 3.35. The fourth-order valence-electron chi connectivity index (χ4n) is 7.30. The molecule has 0 N–H and O–H groups in total. The van der Waals surface area contributed by atoms with E-state index >= 15 is 0 Å². The molecule has 2 aromatic carbocycles. The second-order valence-electron chi connectivity index (χ2n) is 12.3. The lowest BCUT2D eigenvalue weighted by atomic mass is 9.70. The van der Waals surface area contributed by atoms with Gasteiger partial charge in [-0.05, 0) is 92.8 Å². The van der Waals surface area contributed by atoms with E-state index in [2.05, 4.69) is 14.9 Å². The number of hydrogen-bond acceptors (Lipinski definition) is 6. The topological polar surface area (TPSA) is 86.7 Å². The average Bonchev–Trinajstić information content (AvgIpc) is 3.56. The summed E-state index contributed by atoms with van der Waals surface area (Å²) in [7, 11) is -3.84. The Kier molecular flexibility index (Phi) is 8.08. The SMILES string of the molecule is Cc1ncnc(C)c1C(=O)N1CC2CN(CCC3(c4cccc(F)c4)CCN(S(=O)(=O)c4cccc(F)c4)CC3)CC2C1. The number of piperidine rings is 1. The van der Waals surface area contributed by atoms with Crippen molar-refractivity contribution in [3.8, 4) is 0 Å². The van der Waals surface area contributed by atoms with Gasteiger partial charge in [-0.1, -0.05) is 18.2 Å². The van der Waals surface area contributed by atoms with Gasteiger partial charge in [0.15, 0.2) is 0 Å². The first-order valence-electron chi connectivity index (χ1n) is 14.9. The molecule has 0 spiro atoms. The second kappa shape index (κ2) is 11.7. The Bertz CT molecular complexity index is 1590. The first kappa shape index (κ1) is 29.8. The Labute approximate surface area is 251 Å². The van der Waals surface area contributed by atoms with E-state index in [0.29, 0.717) is 54.7 Å². The van der Waals surface area contributed by atoms with Gasteiger partial charge in [0.05, 0.1) is 21.8 Å². The maximum Gasteiger partial charge on any atom is 0.257 e. The minimum Gasteiger partial charge on any atom is -0.338 e. The van der Waals surface area contributed by atoms with Crippen molar-refractivity contribution in [2.45, 2.75) is 43.4 Å². The fourth-order valence-corrected chi connectivity index (χ4v) is 8.78. The van der Waals surface area contributed by atoms with Crippen LogP contribution in [0.1, 0.15) is 46.6 Å². The number of fused-ring (bicyclic) bond motifs is 1. The normalized spacial score (nSPS) is 22.6. The highest BCUT2D eigenvalue weighted by Crippen LogP contribution is 2.41. The maximum atomic E-state index is 14.4. The summed E-state index contributed by atoms with van der Waals surface area (Å²) < 4.78 is 56.2. The van der Waals surface area contributed by atoms with Crippen LogP contribution in [0, 0.1) is 37.3 Å². The van der Waals surface area contributed by atoms with Crippen molar-refractivity contribution in [3.63, 3.8) is 0 Å². The molecule has 1 aromatic heterocycles. The van der Waals surface area contributed by atoms with E-state index in [4.69, 9.17) is 0 Å². The number of aromatic nitrogens is 2. The molecule has 43 heavy (non-hydrogen) atoms. The summed E-state index contributed by atoms with van der Waals surface area (Å²) in [5.41, 5.74) is 2.52. The molecule has 4 heterocycles. The summed E-state index contributed by atoms with van der Waals surface area (Å²) in [5, 5.41) is 0. The standard InChI is InChI=1S/C32H37F2N5O3S/c1-22-30(23(2)36-21-35-22)31(40)38-19-24-17-37(18-25(24)20-38)12-9-32(26-5-3-6-27(33)15-26)10-13-39(14-11-32)43(41,42)29-8-4-7-28(34)16-29/h3-8,15-16,21,24-25H,9-14,17-20H2,1-2H3. The van der Waals surface area contributed by atoms with Crippen molar-refractivity contribution in [2.24, 2.45) is 11.8 Å². The van der Waals surface area contributed by atoms with Crippen molar-refractivity contribution >= 4 is 15.9 Å². The lowest BCUT2D eigenvalue weighted by Crippen LogP contribution is -2.46. The molecule has 8 nitrogen and oxygen atoms in total. The van der Waals surface area contributed by atoms with Gasteiger partial charge in [-0.25, -0.2) is 27.2 Å². The number of sulfonamides is 1. The number of halogens is 2. The molecule has 0 bridgehead atoms. The third-order valence-electron chi connectivity index (χ3n) is 9.75. The summed E-state index contributed by atoms with van der Waals surface area (Å²) in [6.45, 7) is 8.23. The molecule has 0 radical (unpaired) electrons. The quantitative estimate of drug-likeness (QED) is 0.400. The minimum atomic E-state index is -3.84. The molecule has 1 amide bonds. The molecule has 2 atom stereocenters. The zero-order valence-corrected chi connectivity index (χ0v) is 25.4. The molecule has 6 rings (SSSR count). The molecule has 3 aromatic rings. The number of nitrogens with zero attached hydrogens (tertiary/aromatic N) is 5. The van der Waals surface area contributed by atoms with Gasteiger partial charge in [-0.2, -0.15) is 4.31 Å². The highest BCUT2D eigenvalue weighted by molar-refractivity contribution is 7.89. The van der Waals surface area contributed by atoms with E-state index in [1.54, 1.807) is 12.1 Å². The number of amides is 1. The Balaban J connectivity index is 1.12. The summed E-state index contributed by atoms with van der Waals surface area (Å²) in [4.78, 5) is 26.1. The van der Waals surface area contributed by atoms with Crippen molar-refractivity contribution in [3.05, 3.63) is 89.0 Å². The predicted octanol–water partition coefficient (Wildman–Crippen LogP) is 4.19. The third kappa shape index (κ3) is 5.82. The van der Waals surface area contributed by atoms with Crippen molar-refractivity contribution in [1.82, 2.24) is 24.1 Å². The van der Waals surface area contributed by atoms with Gasteiger partial charge < -0.3 is 9.80 Å². The molecule has 0 saturated carbocycles. The van der Waals surface area contributed by atoms with Crippen molar-refractivity contribution in [1.29, 1.82) is 0 Å². The highest BCUT2D eigenvalue weighted by Gasteiger charge is 2.44. The van der Waals surface area contributed by atoms with Gasteiger partial charge in [0, 0.05) is 39.3 Å². The van der Waals surface area contributed by atoms with Crippen LogP contribution in [0.3, 0.4) is 0 Å². The molecular weight excluding hydrogens is 572 g/mol. The number of rotatable bonds is 7. The molecule has 3 aliphatic heterocycles. The summed E-state index contributed by atoms with van der Waals surface area (Å²) >= 11 is 0. The Morgan fingerprint density at radius 3 is 2.12 bits per heavy atom. The van der Waals surface area contributed by atoms with E-state index in [1.807, 2.05) is 24.8 Å². The van der Waals surface area contributed by atoms with Crippen LogP contribution in [-0.2, 0) is 15.4 Å². The first-order chi connectivity index (χ1) is 20.6. The number of aryl methyl sites for hydroxylation is 2. The average molecular weight is 610 g/mol. The number of likely N-dealkylation sites (tertiary alicyclic amines) is 2. The van der Waals surface area contributed by atoms with Crippen LogP contribution in [0.2, 0.25) is 0 Å². The number of carbonyl (C=O) groups excluding carboxylic acids is 1. The van der Waals surface area contributed by atoms with Crippen LogP contribution >= 0.6 is 0 Å². The van der Waals surface area contributed by atoms with E-state index in [-0.39, 0.29) is 35.1 Å². The lowest BCUT2D eigenvalue weighted by molar-refractivity contribution is 0.0770. The predicted molar refractivity (Wildman–Crippen MR) is 158 cm³/mol. The van der Waals surface area contributed by atoms with E-state index in [0.717, 1.165) is 37.7 Å². The summed E-state index contributed by atoms with van der Waals surface area (Å²) in [6, 6.07) is 11.8. The van der Waals surface area contributed by atoms with Crippen molar-refractivity contribution < 1.29 is 22.0 Å². The molecule has 0 aliphatic carbocycles. The fraction of sp³-hybridized carbons (Fsp3) is 0.469. The van der Waals surface area contributed by atoms with Crippen LogP contribution in [0.15, 0.2) is 59.8 Å². The van der Waals surface area contributed by atoms with Gasteiger partial charge >= 0.3 is 0 Å². The van der Waals surface area contributed by atoms with Crippen LogP contribution in [0.4, 0.5) is 8.78 Å².